The number of benzene rings is 3. The average molecular weight is 426 g/mol. The smallest absolute Gasteiger partial charge is 0.221 e. The number of Topliss-reactive ketones (excluding diaryl/α,β-unsaturated/α-hetero) is 1. The largest absolute Gasteiger partial charge is 0.360 e. The highest BCUT2D eigenvalue weighted by Gasteiger charge is 2.36. The highest BCUT2D eigenvalue weighted by atomic mass is 16.1. The summed E-state index contributed by atoms with van der Waals surface area (Å²) >= 11 is 0. The van der Waals surface area contributed by atoms with Crippen LogP contribution in [0.5, 0.6) is 0 Å². The maximum Gasteiger partial charge on any atom is 0.221 e. The van der Waals surface area contributed by atoms with Gasteiger partial charge in [0, 0.05) is 33.8 Å². The van der Waals surface area contributed by atoms with Gasteiger partial charge in [0.15, 0.2) is 0 Å². The zero-order valence-corrected chi connectivity index (χ0v) is 18.6. The van der Waals surface area contributed by atoms with Crippen molar-refractivity contribution in [3.8, 4) is 0 Å². The Kier molecular flexibility index (Phi) is 5.89. The molecule has 0 bridgehead atoms. The van der Waals surface area contributed by atoms with Crippen LogP contribution in [0.2, 0.25) is 0 Å². The third kappa shape index (κ3) is 3.99. The van der Waals surface area contributed by atoms with Gasteiger partial charge in [-0.3, -0.25) is 4.79 Å². The number of aromatic amines is 1. The van der Waals surface area contributed by atoms with Crippen LogP contribution in [0.4, 0.5) is 0 Å². The van der Waals surface area contributed by atoms with Crippen LogP contribution in [0, 0.1) is 0 Å². The number of aromatic nitrogens is 1. The molecule has 0 saturated carbocycles. The molecule has 4 nitrogen and oxygen atoms in total. The number of ketones is 1. The van der Waals surface area contributed by atoms with Gasteiger partial charge in [-0.25, -0.2) is 0 Å². The van der Waals surface area contributed by atoms with Gasteiger partial charge in [0.05, 0.1) is 0 Å². The van der Waals surface area contributed by atoms with Crippen molar-refractivity contribution in [1.29, 1.82) is 0 Å². The number of hydrogen-bond acceptors (Lipinski definition) is 1. The minimum atomic E-state index is -0.0392. The molecular weight excluding hydrogens is 394 g/mol. The Hall–Kier alpha value is -3.21. The van der Waals surface area contributed by atoms with Gasteiger partial charge in [-0.05, 0) is 13.0 Å². The second kappa shape index (κ2) is 9.11. The topological polar surface area (TPSA) is 41.7 Å². The van der Waals surface area contributed by atoms with E-state index >= 15 is 0 Å². The van der Waals surface area contributed by atoms with Gasteiger partial charge >= 0.3 is 0 Å². The molecule has 1 fully saturated rings. The van der Waals surface area contributed by atoms with Crippen LogP contribution >= 0.6 is 0 Å². The SMILES string of the molecule is CC(C(=O)c1c[nH]c2ccccc12)[NH+]1CC[NH+](C(c2ccccc2)c2ccccc2)CC1. The molecule has 1 aliphatic rings. The molecule has 1 aliphatic heterocycles. The van der Waals surface area contributed by atoms with Gasteiger partial charge in [-0.15, -0.1) is 0 Å². The second-order valence-corrected chi connectivity index (χ2v) is 8.90. The number of quaternary nitrogens is 2. The van der Waals surface area contributed by atoms with E-state index in [1.807, 2.05) is 30.5 Å². The lowest BCUT2D eigenvalue weighted by atomic mass is 9.96. The molecule has 0 aliphatic carbocycles. The zero-order chi connectivity index (χ0) is 21.9. The lowest BCUT2D eigenvalue weighted by Crippen LogP contribution is -3.30. The second-order valence-electron chi connectivity index (χ2n) is 8.90. The van der Waals surface area contributed by atoms with Gasteiger partial charge in [-0.1, -0.05) is 78.9 Å². The Balaban J connectivity index is 1.32. The van der Waals surface area contributed by atoms with E-state index < -0.39 is 0 Å². The van der Waals surface area contributed by atoms with Crippen molar-refractivity contribution in [3.05, 3.63) is 108 Å². The fraction of sp³-hybridized carbons (Fsp3) is 0.250. The van der Waals surface area contributed by atoms with Crippen LogP contribution in [-0.4, -0.2) is 43.0 Å². The first kappa shape index (κ1) is 20.7. The number of para-hydroxylation sites is 1. The van der Waals surface area contributed by atoms with Crippen LogP contribution in [-0.2, 0) is 0 Å². The van der Waals surface area contributed by atoms with Crippen LogP contribution in [0.3, 0.4) is 0 Å². The van der Waals surface area contributed by atoms with Crippen LogP contribution < -0.4 is 9.80 Å². The first-order valence-corrected chi connectivity index (χ1v) is 11.6. The molecular formula is C28H31N3O+2. The number of fused-ring (bicyclic) bond motifs is 1. The summed E-state index contributed by atoms with van der Waals surface area (Å²) in [7, 11) is 0. The van der Waals surface area contributed by atoms with Crippen molar-refractivity contribution in [2.75, 3.05) is 26.2 Å². The standard InChI is InChI=1S/C28H29N3O/c1-21(28(32)25-20-29-26-15-9-8-14-24(25)26)30-16-18-31(19-17-30)27(22-10-4-2-5-11-22)23-12-6-3-7-13-23/h2-15,20-21,27,29H,16-19H2,1H3/p+2. The normalized spacial score (nSPS) is 19.8. The summed E-state index contributed by atoms with van der Waals surface area (Å²) in [6.45, 7) is 6.20. The van der Waals surface area contributed by atoms with Gasteiger partial charge in [0.1, 0.15) is 38.3 Å². The maximum atomic E-state index is 13.3. The van der Waals surface area contributed by atoms with Crippen molar-refractivity contribution in [3.63, 3.8) is 0 Å². The van der Waals surface area contributed by atoms with E-state index in [0.717, 1.165) is 42.6 Å². The summed E-state index contributed by atoms with van der Waals surface area (Å²) in [5.74, 6) is 0.239. The fourth-order valence-electron chi connectivity index (χ4n) is 5.26. The first-order valence-electron chi connectivity index (χ1n) is 11.6. The molecule has 5 rings (SSSR count). The van der Waals surface area contributed by atoms with E-state index in [-0.39, 0.29) is 11.8 Å². The van der Waals surface area contributed by atoms with E-state index in [1.165, 1.54) is 16.0 Å². The summed E-state index contributed by atoms with van der Waals surface area (Å²) in [5.41, 5.74) is 4.57. The fourth-order valence-corrected chi connectivity index (χ4v) is 5.26. The lowest BCUT2D eigenvalue weighted by Gasteiger charge is -2.36. The van der Waals surface area contributed by atoms with Crippen LogP contribution in [0.15, 0.2) is 91.1 Å². The van der Waals surface area contributed by atoms with Crippen molar-refractivity contribution < 1.29 is 14.6 Å². The Bertz CT molecular complexity index is 1140. The lowest BCUT2D eigenvalue weighted by molar-refractivity contribution is -1.03. The van der Waals surface area contributed by atoms with Crippen molar-refractivity contribution in [2.45, 2.75) is 19.0 Å². The van der Waals surface area contributed by atoms with E-state index in [1.54, 1.807) is 4.90 Å². The van der Waals surface area contributed by atoms with Crippen LogP contribution in [0.1, 0.15) is 34.5 Å². The molecule has 4 aromatic rings. The first-order chi connectivity index (χ1) is 15.7. The number of nitrogens with one attached hydrogen (secondary N) is 3. The van der Waals surface area contributed by atoms with Crippen molar-refractivity contribution >= 4 is 16.7 Å². The van der Waals surface area contributed by atoms with E-state index in [9.17, 15) is 4.79 Å². The summed E-state index contributed by atoms with van der Waals surface area (Å²) in [5, 5.41) is 1.03. The molecule has 3 N–H and O–H groups in total. The monoisotopic (exact) mass is 425 g/mol. The van der Waals surface area contributed by atoms with Gasteiger partial charge in [0.2, 0.25) is 5.78 Å². The van der Waals surface area contributed by atoms with Crippen LogP contribution in [0.25, 0.3) is 10.9 Å². The predicted molar refractivity (Wildman–Crippen MR) is 128 cm³/mol. The predicted octanol–water partition coefficient (Wildman–Crippen LogP) is 2.31. The Morgan fingerprint density at radius 1 is 0.750 bits per heavy atom. The Labute approximate surface area is 189 Å². The molecule has 0 spiro atoms. The molecule has 0 radical (unpaired) electrons. The quantitative estimate of drug-likeness (QED) is 0.408. The summed E-state index contributed by atoms with van der Waals surface area (Å²) in [6, 6.07) is 30.0. The third-order valence-corrected chi connectivity index (χ3v) is 7.07. The van der Waals surface area contributed by atoms with Gasteiger partial charge in [-0.2, -0.15) is 0 Å². The van der Waals surface area contributed by atoms with Gasteiger partial charge in [0.25, 0.3) is 0 Å². The molecule has 1 atom stereocenters. The summed E-state index contributed by atoms with van der Waals surface area (Å²) < 4.78 is 0. The van der Waals surface area contributed by atoms with Gasteiger partial charge < -0.3 is 14.8 Å². The number of hydrogen-bond donors (Lipinski definition) is 3. The van der Waals surface area contributed by atoms with E-state index in [4.69, 9.17) is 0 Å². The molecule has 1 aromatic heterocycles. The highest BCUT2D eigenvalue weighted by molar-refractivity contribution is 6.09. The molecule has 32 heavy (non-hydrogen) atoms. The maximum absolute atomic E-state index is 13.3. The number of piperazine rings is 1. The number of rotatable bonds is 6. The van der Waals surface area contributed by atoms with E-state index in [0.29, 0.717) is 6.04 Å². The minimum Gasteiger partial charge on any atom is -0.360 e. The Morgan fingerprint density at radius 3 is 1.91 bits per heavy atom. The molecule has 162 valence electrons. The number of H-pyrrole nitrogens is 1. The van der Waals surface area contributed by atoms with Crippen molar-refractivity contribution in [2.24, 2.45) is 0 Å². The molecule has 1 unspecified atom stereocenters. The number of carbonyl (C=O) groups excluding carboxylic acids is 1. The minimum absolute atomic E-state index is 0.0392. The Morgan fingerprint density at radius 2 is 1.28 bits per heavy atom. The van der Waals surface area contributed by atoms with Crippen molar-refractivity contribution in [1.82, 2.24) is 4.98 Å². The third-order valence-electron chi connectivity index (χ3n) is 7.07. The molecule has 1 saturated heterocycles. The zero-order valence-electron chi connectivity index (χ0n) is 18.6. The summed E-state index contributed by atoms with van der Waals surface area (Å²) in [4.78, 5) is 19.6. The molecule has 2 heterocycles. The van der Waals surface area contributed by atoms with E-state index in [2.05, 4.69) is 72.6 Å². The molecule has 3 aromatic carbocycles. The number of carbonyl (C=O) groups is 1. The molecule has 0 amide bonds. The highest BCUT2D eigenvalue weighted by Crippen LogP contribution is 2.20. The summed E-state index contributed by atoms with van der Waals surface area (Å²) in [6.07, 6.45) is 1.88. The molecule has 4 heteroatoms. The average Bonchev–Trinajstić information content (AvgIpc) is 3.29.